The summed E-state index contributed by atoms with van der Waals surface area (Å²) < 4.78 is 1.71. The minimum absolute atomic E-state index is 0.207. The molecule has 1 aromatic rings. The van der Waals surface area contributed by atoms with E-state index in [1.54, 1.807) is 4.68 Å². The standard InChI is InChI=1S/C10H18N6O/c1-15-6-9(12-14-15)7-16-4-2-8(3-5-16)10(11)13-17/h6,8,17H,2-5,7H2,1H3,(H2,11,13). The predicted octanol–water partition coefficient (Wildman–Crippen LogP) is -0.226. The van der Waals surface area contributed by atoms with Gasteiger partial charge >= 0.3 is 0 Å². The molecule has 94 valence electrons. The fraction of sp³-hybridized carbons (Fsp3) is 0.700. The largest absolute Gasteiger partial charge is 0.409 e. The Morgan fingerprint density at radius 2 is 2.29 bits per heavy atom. The van der Waals surface area contributed by atoms with Crippen LogP contribution in [0, 0.1) is 5.92 Å². The molecule has 2 rings (SSSR count). The van der Waals surface area contributed by atoms with Gasteiger partial charge in [0.15, 0.2) is 0 Å². The van der Waals surface area contributed by atoms with Crippen molar-refractivity contribution in [2.45, 2.75) is 19.4 Å². The van der Waals surface area contributed by atoms with Crippen molar-refractivity contribution in [2.24, 2.45) is 23.9 Å². The van der Waals surface area contributed by atoms with E-state index in [0.29, 0.717) is 5.84 Å². The van der Waals surface area contributed by atoms with Crippen LogP contribution in [0.25, 0.3) is 0 Å². The summed E-state index contributed by atoms with van der Waals surface area (Å²) >= 11 is 0. The van der Waals surface area contributed by atoms with E-state index in [4.69, 9.17) is 10.9 Å². The number of hydrogen-bond donors (Lipinski definition) is 2. The molecule has 0 aromatic carbocycles. The molecule has 0 radical (unpaired) electrons. The first-order valence-electron chi connectivity index (χ1n) is 5.74. The van der Waals surface area contributed by atoms with Gasteiger partial charge in [-0.3, -0.25) is 9.58 Å². The molecule has 1 fully saturated rings. The summed E-state index contributed by atoms with van der Waals surface area (Å²) in [5.74, 6) is 0.558. The highest BCUT2D eigenvalue weighted by molar-refractivity contribution is 5.82. The molecule has 7 heteroatoms. The fourth-order valence-corrected chi connectivity index (χ4v) is 2.17. The maximum Gasteiger partial charge on any atom is 0.142 e. The molecule has 0 unspecified atom stereocenters. The van der Waals surface area contributed by atoms with Gasteiger partial charge in [0.1, 0.15) is 5.84 Å². The van der Waals surface area contributed by atoms with Crippen molar-refractivity contribution in [3.05, 3.63) is 11.9 Å². The zero-order valence-electron chi connectivity index (χ0n) is 9.95. The molecule has 0 saturated carbocycles. The lowest BCUT2D eigenvalue weighted by Gasteiger charge is -2.30. The number of hydrogen-bond acceptors (Lipinski definition) is 5. The second kappa shape index (κ2) is 5.13. The van der Waals surface area contributed by atoms with Crippen LogP contribution in [0.2, 0.25) is 0 Å². The van der Waals surface area contributed by atoms with Crippen molar-refractivity contribution >= 4 is 5.84 Å². The van der Waals surface area contributed by atoms with Crippen LogP contribution < -0.4 is 5.73 Å². The highest BCUT2D eigenvalue weighted by Crippen LogP contribution is 2.18. The van der Waals surface area contributed by atoms with Crippen LogP contribution in [-0.2, 0) is 13.6 Å². The Labute approximate surface area is 99.9 Å². The molecule has 1 saturated heterocycles. The lowest BCUT2D eigenvalue weighted by molar-refractivity contribution is 0.196. The molecule has 0 atom stereocenters. The van der Waals surface area contributed by atoms with Crippen molar-refractivity contribution in [1.82, 2.24) is 19.9 Å². The average Bonchev–Trinajstić information content (AvgIpc) is 2.75. The van der Waals surface area contributed by atoms with E-state index in [0.717, 1.165) is 38.2 Å². The van der Waals surface area contributed by atoms with Gasteiger partial charge in [-0.2, -0.15) is 0 Å². The van der Waals surface area contributed by atoms with Crippen molar-refractivity contribution in [1.29, 1.82) is 0 Å². The van der Waals surface area contributed by atoms with E-state index in [9.17, 15) is 0 Å². The summed E-state index contributed by atoms with van der Waals surface area (Å²) in [4.78, 5) is 2.31. The van der Waals surface area contributed by atoms with Crippen LogP contribution in [-0.4, -0.2) is 44.0 Å². The predicted molar refractivity (Wildman–Crippen MR) is 62.4 cm³/mol. The minimum Gasteiger partial charge on any atom is -0.409 e. The van der Waals surface area contributed by atoms with Crippen LogP contribution in [0.3, 0.4) is 0 Å². The van der Waals surface area contributed by atoms with E-state index >= 15 is 0 Å². The highest BCUT2D eigenvalue weighted by atomic mass is 16.4. The zero-order chi connectivity index (χ0) is 12.3. The van der Waals surface area contributed by atoms with Gasteiger partial charge < -0.3 is 10.9 Å². The van der Waals surface area contributed by atoms with Crippen molar-refractivity contribution in [3.8, 4) is 0 Å². The maximum absolute atomic E-state index is 8.62. The monoisotopic (exact) mass is 238 g/mol. The Morgan fingerprint density at radius 3 is 2.82 bits per heavy atom. The van der Waals surface area contributed by atoms with Crippen LogP contribution in [0.15, 0.2) is 11.4 Å². The Kier molecular flexibility index (Phi) is 3.58. The smallest absolute Gasteiger partial charge is 0.142 e. The van der Waals surface area contributed by atoms with E-state index in [1.807, 2.05) is 13.2 Å². The third-order valence-corrected chi connectivity index (χ3v) is 3.16. The molecule has 17 heavy (non-hydrogen) atoms. The summed E-state index contributed by atoms with van der Waals surface area (Å²) in [6, 6.07) is 0. The van der Waals surface area contributed by atoms with Gasteiger partial charge in [-0.25, -0.2) is 0 Å². The Hall–Kier alpha value is -1.63. The van der Waals surface area contributed by atoms with Crippen molar-refractivity contribution < 1.29 is 5.21 Å². The molecule has 1 aliphatic rings. The number of aryl methyl sites for hydroxylation is 1. The van der Waals surface area contributed by atoms with Gasteiger partial charge in [0.25, 0.3) is 0 Å². The van der Waals surface area contributed by atoms with Gasteiger partial charge in [-0.1, -0.05) is 10.4 Å². The first kappa shape index (κ1) is 11.8. The van der Waals surface area contributed by atoms with E-state index in [2.05, 4.69) is 20.4 Å². The minimum atomic E-state index is 0.207. The van der Waals surface area contributed by atoms with E-state index < -0.39 is 0 Å². The maximum atomic E-state index is 8.62. The fourth-order valence-electron chi connectivity index (χ4n) is 2.17. The van der Waals surface area contributed by atoms with Gasteiger partial charge in [-0.05, 0) is 25.9 Å². The van der Waals surface area contributed by atoms with Gasteiger partial charge in [0.2, 0.25) is 0 Å². The van der Waals surface area contributed by atoms with Gasteiger partial charge in [0.05, 0.1) is 5.69 Å². The molecule has 0 spiro atoms. The Balaban J connectivity index is 1.83. The normalized spacial score (nSPS) is 19.7. The SMILES string of the molecule is Cn1cc(CN2CCC(/C(N)=N/O)CC2)nn1. The average molecular weight is 238 g/mol. The van der Waals surface area contributed by atoms with Crippen LogP contribution in [0.4, 0.5) is 0 Å². The third kappa shape index (κ3) is 2.94. The third-order valence-electron chi connectivity index (χ3n) is 3.16. The van der Waals surface area contributed by atoms with Crippen molar-refractivity contribution in [2.75, 3.05) is 13.1 Å². The van der Waals surface area contributed by atoms with Gasteiger partial charge in [-0.15, -0.1) is 5.10 Å². The summed E-state index contributed by atoms with van der Waals surface area (Å²) in [6.07, 6.45) is 3.78. The Morgan fingerprint density at radius 1 is 1.59 bits per heavy atom. The first-order valence-corrected chi connectivity index (χ1v) is 5.74. The highest BCUT2D eigenvalue weighted by Gasteiger charge is 2.22. The topological polar surface area (TPSA) is 92.6 Å². The number of nitrogens with zero attached hydrogens (tertiary/aromatic N) is 5. The van der Waals surface area contributed by atoms with Gasteiger partial charge in [0, 0.05) is 25.7 Å². The molecule has 3 N–H and O–H groups in total. The molecule has 0 bridgehead atoms. The molecule has 1 aliphatic heterocycles. The Bertz CT molecular complexity index is 393. The second-order valence-electron chi connectivity index (χ2n) is 4.46. The molecular weight excluding hydrogens is 220 g/mol. The lowest BCUT2D eigenvalue weighted by Crippen LogP contribution is -2.38. The molecule has 2 heterocycles. The number of piperidine rings is 1. The quantitative estimate of drug-likeness (QED) is 0.328. The summed E-state index contributed by atoms with van der Waals surface area (Å²) in [6.45, 7) is 2.70. The summed E-state index contributed by atoms with van der Waals surface area (Å²) in [7, 11) is 1.86. The molecule has 0 aliphatic carbocycles. The summed E-state index contributed by atoms with van der Waals surface area (Å²) in [5.41, 5.74) is 6.59. The number of oxime groups is 1. The van der Waals surface area contributed by atoms with E-state index in [-0.39, 0.29) is 5.92 Å². The molecule has 7 nitrogen and oxygen atoms in total. The first-order chi connectivity index (χ1) is 8.19. The zero-order valence-corrected chi connectivity index (χ0v) is 9.95. The number of nitrogens with two attached hydrogens (primary N) is 1. The molecule has 0 amide bonds. The number of amidine groups is 1. The number of rotatable bonds is 3. The number of likely N-dealkylation sites (tertiary alicyclic amines) is 1. The second-order valence-corrected chi connectivity index (χ2v) is 4.46. The lowest BCUT2D eigenvalue weighted by atomic mass is 9.96. The van der Waals surface area contributed by atoms with Crippen LogP contribution >= 0.6 is 0 Å². The van der Waals surface area contributed by atoms with Crippen molar-refractivity contribution in [3.63, 3.8) is 0 Å². The van der Waals surface area contributed by atoms with Crippen LogP contribution in [0.1, 0.15) is 18.5 Å². The number of aromatic nitrogens is 3. The molecule has 1 aromatic heterocycles. The van der Waals surface area contributed by atoms with E-state index in [1.165, 1.54) is 0 Å². The summed E-state index contributed by atoms with van der Waals surface area (Å²) in [5, 5.41) is 19.7. The molecular formula is C10H18N6O. The van der Waals surface area contributed by atoms with Crippen LogP contribution in [0.5, 0.6) is 0 Å².